The number of benzene rings is 7. The van der Waals surface area contributed by atoms with Crippen LogP contribution in [0.25, 0.3) is 33.1 Å². The van der Waals surface area contributed by atoms with Gasteiger partial charge in [0.2, 0.25) is 0 Å². The molecule has 0 atom stereocenters. The predicted molar refractivity (Wildman–Crippen MR) is 273 cm³/mol. The summed E-state index contributed by atoms with van der Waals surface area (Å²) < 4.78 is 6.79. The lowest BCUT2D eigenvalue weighted by Crippen LogP contribution is -2.62. The Morgan fingerprint density at radius 1 is 0.438 bits per heavy atom. The summed E-state index contributed by atoms with van der Waals surface area (Å²) in [6, 6.07) is 49.1. The molecule has 8 aromatic rings. The van der Waals surface area contributed by atoms with Crippen molar-refractivity contribution in [2.45, 2.75) is 117 Å². The van der Waals surface area contributed by atoms with Crippen LogP contribution in [0.4, 0.5) is 34.1 Å². The maximum Gasteiger partial charge on any atom is 0.252 e. The molecule has 318 valence electrons. The first kappa shape index (κ1) is 39.6. The number of fused-ring (bicyclic) bond motifs is 9. The Kier molecular flexibility index (Phi) is 8.22. The van der Waals surface area contributed by atoms with E-state index in [1.165, 1.54) is 108 Å². The standard InChI is InChI=1S/C60H59BN2O/c1-36-17-11-13-19-40(36)38-29-52-56-53(30-38)63(49-21-15-12-18-37(49)2)50-32-42-41-20-14-16-22-54(41)64-55(42)35-48(50)61(56)47-33-45-46(60(9,10)28-27-59(45,7)8)34-51(47)62(52)39-23-24-43-44(31-39)58(5,6)26-25-57(43,3)4/h11-24,29-35H,25-28H2,1-10H3. The number of hydrogen-bond acceptors (Lipinski definition) is 3. The van der Waals surface area contributed by atoms with Gasteiger partial charge in [-0.25, -0.2) is 0 Å². The molecule has 7 aromatic carbocycles. The van der Waals surface area contributed by atoms with Gasteiger partial charge < -0.3 is 14.2 Å². The third kappa shape index (κ3) is 5.60. The van der Waals surface area contributed by atoms with E-state index in [1.807, 2.05) is 0 Å². The lowest BCUT2D eigenvalue weighted by molar-refractivity contribution is 0.332. The maximum atomic E-state index is 6.79. The van der Waals surface area contributed by atoms with Gasteiger partial charge in [-0.3, -0.25) is 0 Å². The van der Waals surface area contributed by atoms with Crippen molar-refractivity contribution in [3.05, 3.63) is 161 Å². The second-order valence-electron chi connectivity index (χ2n) is 22.4. The second-order valence-corrected chi connectivity index (χ2v) is 22.4. The molecule has 1 aromatic heterocycles. The van der Waals surface area contributed by atoms with Crippen molar-refractivity contribution in [1.29, 1.82) is 0 Å². The van der Waals surface area contributed by atoms with Gasteiger partial charge in [0.05, 0.1) is 0 Å². The molecule has 12 rings (SSSR count). The van der Waals surface area contributed by atoms with Gasteiger partial charge in [0.1, 0.15) is 11.2 Å². The highest BCUT2D eigenvalue weighted by atomic mass is 16.3. The summed E-state index contributed by atoms with van der Waals surface area (Å²) >= 11 is 0. The Balaban J connectivity index is 1.26. The molecule has 2 aliphatic heterocycles. The number of hydrogen-bond donors (Lipinski definition) is 0. The van der Waals surface area contributed by atoms with Crippen LogP contribution in [0.3, 0.4) is 0 Å². The molecule has 3 nitrogen and oxygen atoms in total. The molecule has 0 saturated carbocycles. The number of rotatable bonds is 3. The molecule has 0 saturated heterocycles. The highest BCUT2D eigenvalue weighted by Crippen LogP contribution is 2.53. The van der Waals surface area contributed by atoms with E-state index in [1.54, 1.807) is 0 Å². The molecule has 0 bridgehead atoms. The summed E-state index contributed by atoms with van der Waals surface area (Å²) in [5.74, 6) is 0. The molecule has 2 aliphatic carbocycles. The van der Waals surface area contributed by atoms with Crippen LogP contribution in [0.5, 0.6) is 0 Å². The van der Waals surface area contributed by atoms with Crippen LogP contribution in [0.2, 0.25) is 0 Å². The summed E-state index contributed by atoms with van der Waals surface area (Å²) in [5.41, 5.74) is 24.5. The van der Waals surface area contributed by atoms with Crippen molar-refractivity contribution in [3.63, 3.8) is 0 Å². The van der Waals surface area contributed by atoms with Crippen LogP contribution in [0.1, 0.15) is 114 Å². The van der Waals surface area contributed by atoms with Gasteiger partial charge in [-0.2, -0.15) is 0 Å². The Morgan fingerprint density at radius 3 is 1.70 bits per heavy atom. The quantitative estimate of drug-likeness (QED) is 0.165. The van der Waals surface area contributed by atoms with Crippen molar-refractivity contribution in [1.82, 2.24) is 0 Å². The fraction of sp³-hybridized carbons (Fsp3) is 0.300. The first-order valence-corrected chi connectivity index (χ1v) is 23.7. The number of nitrogens with zero attached hydrogens (tertiary/aromatic N) is 2. The molecular formula is C60H59BN2O. The zero-order valence-electron chi connectivity index (χ0n) is 39.3. The lowest BCUT2D eigenvalue weighted by Gasteiger charge is -2.48. The summed E-state index contributed by atoms with van der Waals surface area (Å²) in [4.78, 5) is 5.28. The molecule has 4 heteroatoms. The van der Waals surface area contributed by atoms with E-state index < -0.39 is 0 Å². The Bertz CT molecular complexity index is 3290. The van der Waals surface area contributed by atoms with Crippen LogP contribution in [0.15, 0.2) is 132 Å². The highest BCUT2D eigenvalue weighted by Gasteiger charge is 2.48. The first-order valence-electron chi connectivity index (χ1n) is 23.7. The van der Waals surface area contributed by atoms with Crippen molar-refractivity contribution in [3.8, 4) is 11.1 Å². The number of para-hydroxylation sites is 2. The molecule has 0 spiro atoms. The normalized spacial score (nSPS) is 18.3. The number of anilines is 6. The van der Waals surface area contributed by atoms with Gasteiger partial charge in [-0.15, -0.1) is 0 Å². The van der Waals surface area contributed by atoms with Crippen molar-refractivity contribution >= 4 is 79.2 Å². The van der Waals surface area contributed by atoms with E-state index in [-0.39, 0.29) is 28.4 Å². The molecule has 0 amide bonds. The monoisotopic (exact) mass is 834 g/mol. The average Bonchev–Trinajstić information content (AvgIpc) is 3.63. The van der Waals surface area contributed by atoms with E-state index in [0.717, 1.165) is 34.8 Å². The fourth-order valence-electron chi connectivity index (χ4n) is 12.4. The summed E-state index contributed by atoms with van der Waals surface area (Å²) in [6.07, 6.45) is 4.68. The van der Waals surface area contributed by atoms with Gasteiger partial charge in [-0.05, 0) is 177 Å². The van der Waals surface area contributed by atoms with E-state index in [4.69, 9.17) is 4.42 Å². The Labute approximate surface area is 380 Å². The smallest absolute Gasteiger partial charge is 0.252 e. The van der Waals surface area contributed by atoms with Crippen LogP contribution in [-0.2, 0) is 21.7 Å². The van der Waals surface area contributed by atoms with Crippen molar-refractivity contribution in [2.24, 2.45) is 0 Å². The average molecular weight is 835 g/mol. The van der Waals surface area contributed by atoms with E-state index >= 15 is 0 Å². The molecule has 0 N–H and O–H groups in total. The molecule has 0 unspecified atom stereocenters. The maximum absolute atomic E-state index is 6.79. The van der Waals surface area contributed by atoms with Gasteiger partial charge in [-0.1, -0.05) is 128 Å². The van der Waals surface area contributed by atoms with Gasteiger partial charge >= 0.3 is 0 Å². The van der Waals surface area contributed by atoms with Crippen LogP contribution < -0.4 is 26.2 Å². The van der Waals surface area contributed by atoms with Crippen LogP contribution in [0, 0.1) is 13.8 Å². The zero-order valence-corrected chi connectivity index (χ0v) is 39.3. The van der Waals surface area contributed by atoms with Gasteiger partial charge in [0.25, 0.3) is 6.71 Å². The highest BCUT2D eigenvalue weighted by molar-refractivity contribution is 7.00. The number of furan rings is 1. The largest absolute Gasteiger partial charge is 0.456 e. The second kappa shape index (κ2) is 13.3. The summed E-state index contributed by atoms with van der Waals surface area (Å²) in [7, 11) is 0. The fourth-order valence-corrected chi connectivity index (χ4v) is 12.4. The van der Waals surface area contributed by atoms with Crippen LogP contribution >= 0.6 is 0 Å². The predicted octanol–water partition coefficient (Wildman–Crippen LogP) is 14.7. The topological polar surface area (TPSA) is 19.6 Å². The van der Waals surface area contributed by atoms with E-state index in [0.29, 0.717) is 0 Å². The van der Waals surface area contributed by atoms with E-state index in [9.17, 15) is 0 Å². The molecule has 0 radical (unpaired) electrons. The summed E-state index contributed by atoms with van der Waals surface area (Å²) in [6.45, 7) is 24.2. The van der Waals surface area contributed by atoms with Crippen molar-refractivity contribution in [2.75, 3.05) is 9.80 Å². The minimum Gasteiger partial charge on any atom is -0.456 e. The zero-order chi connectivity index (χ0) is 44.2. The molecular weight excluding hydrogens is 775 g/mol. The number of aryl methyl sites for hydroxylation is 2. The Hall–Kier alpha value is -6.00. The minimum absolute atomic E-state index is 0.0332. The van der Waals surface area contributed by atoms with Gasteiger partial charge in [0, 0.05) is 44.9 Å². The Morgan fingerprint density at radius 2 is 1.00 bits per heavy atom. The first-order chi connectivity index (χ1) is 30.5. The van der Waals surface area contributed by atoms with Gasteiger partial charge in [0.15, 0.2) is 0 Å². The third-order valence-corrected chi connectivity index (χ3v) is 16.4. The minimum atomic E-state index is -0.0332. The molecule has 64 heavy (non-hydrogen) atoms. The molecule has 4 aliphatic rings. The molecule has 3 heterocycles. The van der Waals surface area contributed by atoms with E-state index in [2.05, 4.69) is 206 Å². The lowest BCUT2D eigenvalue weighted by atomic mass is 9.33. The third-order valence-electron chi connectivity index (χ3n) is 16.4. The van der Waals surface area contributed by atoms with Crippen LogP contribution in [-0.4, -0.2) is 6.71 Å². The van der Waals surface area contributed by atoms with Crippen molar-refractivity contribution < 1.29 is 4.42 Å². The SMILES string of the molecule is Cc1ccccc1-c1cc2c3c(c1)N(c1ccccc1C)c1cc4c(cc1B3c1cc3c(cc1N2c1ccc2c(c1)C(C)(C)CCC2(C)C)C(C)(C)CCC3(C)C)oc1ccccc14. The molecule has 0 fully saturated rings. The summed E-state index contributed by atoms with van der Waals surface area (Å²) in [5, 5.41) is 2.30.